The molecule has 0 aliphatic rings. The Kier molecular flexibility index (Phi) is 5.49. The van der Waals surface area contributed by atoms with Crippen LogP contribution in [0.25, 0.3) is 56.0 Å². The molecule has 8 heteroatoms. The van der Waals surface area contributed by atoms with Crippen molar-refractivity contribution in [2.24, 2.45) is 5.92 Å². The van der Waals surface area contributed by atoms with Crippen LogP contribution in [0.15, 0.2) is 73.1 Å². The van der Waals surface area contributed by atoms with Gasteiger partial charge in [0.25, 0.3) is 0 Å². The van der Waals surface area contributed by atoms with Gasteiger partial charge in [0.15, 0.2) is 11.5 Å². The van der Waals surface area contributed by atoms with Gasteiger partial charge < -0.3 is 10.3 Å². The average molecular weight is 488 g/mol. The summed E-state index contributed by atoms with van der Waals surface area (Å²) in [6.07, 6.45) is 3.36. The number of amides is 1. The van der Waals surface area contributed by atoms with E-state index in [-0.39, 0.29) is 11.8 Å². The molecule has 3 N–H and O–H groups in total. The first-order valence-corrected chi connectivity index (χ1v) is 12.1. The summed E-state index contributed by atoms with van der Waals surface area (Å²) in [4.78, 5) is 29.7. The first-order valence-electron chi connectivity index (χ1n) is 12.1. The summed E-state index contributed by atoms with van der Waals surface area (Å²) >= 11 is 0. The smallest absolute Gasteiger partial charge is 0.226 e. The molecule has 0 atom stereocenters. The molecule has 37 heavy (non-hydrogen) atoms. The third-order valence-electron chi connectivity index (χ3n) is 6.30. The van der Waals surface area contributed by atoms with Gasteiger partial charge in [-0.1, -0.05) is 55.8 Å². The highest BCUT2D eigenvalue weighted by Gasteiger charge is 2.17. The van der Waals surface area contributed by atoms with Gasteiger partial charge in [0, 0.05) is 23.2 Å². The summed E-state index contributed by atoms with van der Waals surface area (Å²) in [5.41, 5.74) is 9.47. The minimum absolute atomic E-state index is 0.0607. The maximum atomic E-state index is 12.1. The molecular formula is C29H25N7O. The number of aromatic nitrogens is 6. The molecule has 1 amide bonds. The fraction of sp³-hybridized carbons (Fsp3) is 0.138. The van der Waals surface area contributed by atoms with Crippen molar-refractivity contribution in [3.8, 4) is 33.9 Å². The van der Waals surface area contributed by atoms with Crippen LogP contribution in [0, 0.1) is 12.8 Å². The molecule has 0 spiro atoms. The van der Waals surface area contributed by atoms with Crippen LogP contribution in [0.2, 0.25) is 0 Å². The number of pyridine rings is 2. The standard InChI is InChI=1S/C29H25N7O/c1-16(2)29(37)31-20-13-19(14-30-15-20)22-10-11-24-26(32-22)27(36-35-24)28-33-23-9-5-8-21(25(23)34-28)18-7-4-6-17(3)12-18/h4-16H,1-3H3,(H,31,37)(H,33,34)(H,35,36). The lowest BCUT2D eigenvalue weighted by Gasteiger charge is -2.08. The molecule has 8 nitrogen and oxygen atoms in total. The third-order valence-corrected chi connectivity index (χ3v) is 6.30. The molecule has 0 aliphatic carbocycles. The highest BCUT2D eigenvalue weighted by molar-refractivity contribution is 5.96. The zero-order valence-corrected chi connectivity index (χ0v) is 20.7. The van der Waals surface area contributed by atoms with E-state index in [1.807, 2.05) is 44.2 Å². The molecule has 0 saturated carbocycles. The highest BCUT2D eigenvalue weighted by atomic mass is 16.1. The van der Waals surface area contributed by atoms with Gasteiger partial charge in [-0.05, 0) is 36.8 Å². The Morgan fingerprint density at radius 2 is 1.76 bits per heavy atom. The van der Waals surface area contributed by atoms with E-state index in [4.69, 9.17) is 9.97 Å². The lowest BCUT2D eigenvalue weighted by atomic mass is 10.0. The quantitative estimate of drug-likeness (QED) is 0.271. The molecule has 0 radical (unpaired) electrons. The van der Waals surface area contributed by atoms with E-state index >= 15 is 0 Å². The van der Waals surface area contributed by atoms with Crippen LogP contribution in [-0.2, 0) is 4.79 Å². The van der Waals surface area contributed by atoms with Crippen LogP contribution in [0.5, 0.6) is 0 Å². The largest absolute Gasteiger partial charge is 0.336 e. The number of aromatic amines is 2. The lowest BCUT2D eigenvalue weighted by Crippen LogP contribution is -2.17. The van der Waals surface area contributed by atoms with Crippen molar-refractivity contribution in [2.45, 2.75) is 20.8 Å². The maximum Gasteiger partial charge on any atom is 0.226 e. The van der Waals surface area contributed by atoms with Gasteiger partial charge >= 0.3 is 0 Å². The number of nitrogens with zero attached hydrogens (tertiary/aromatic N) is 4. The number of benzene rings is 2. The fourth-order valence-corrected chi connectivity index (χ4v) is 4.35. The van der Waals surface area contributed by atoms with Gasteiger partial charge in [-0.3, -0.25) is 14.9 Å². The van der Waals surface area contributed by atoms with E-state index in [0.717, 1.165) is 38.9 Å². The number of fused-ring (bicyclic) bond motifs is 2. The zero-order chi connectivity index (χ0) is 25.5. The molecule has 0 bridgehead atoms. The molecular weight excluding hydrogens is 462 g/mol. The fourth-order valence-electron chi connectivity index (χ4n) is 4.35. The van der Waals surface area contributed by atoms with Crippen LogP contribution < -0.4 is 5.32 Å². The minimum Gasteiger partial charge on any atom is -0.336 e. The summed E-state index contributed by atoms with van der Waals surface area (Å²) in [5, 5.41) is 10.5. The van der Waals surface area contributed by atoms with Crippen molar-refractivity contribution in [1.82, 2.24) is 30.1 Å². The van der Waals surface area contributed by atoms with E-state index < -0.39 is 0 Å². The van der Waals surface area contributed by atoms with Gasteiger partial charge in [0.1, 0.15) is 5.52 Å². The Labute approximate surface area is 213 Å². The number of imidazole rings is 1. The number of carbonyl (C=O) groups excluding carboxylic acids is 1. The molecule has 4 aromatic heterocycles. The first kappa shape index (κ1) is 22.6. The second kappa shape index (κ2) is 8.98. The van der Waals surface area contributed by atoms with Crippen LogP contribution >= 0.6 is 0 Å². The van der Waals surface area contributed by atoms with E-state index in [2.05, 4.69) is 62.7 Å². The molecule has 0 fully saturated rings. The first-order chi connectivity index (χ1) is 18.0. The number of para-hydroxylation sites is 1. The van der Waals surface area contributed by atoms with Crippen molar-refractivity contribution in [3.05, 3.63) is 78.6 Å². The summed E-state index contributed by atoms with van der Waals surface area (Å²) < 4.78 is 0. The van der Waals surface area contributed by atoms with Gasteiger partial charge in [-0.25, -0.2) is 9.97 Å². The Morgan fingerprint density at radius 1 is 0.892 bits per heavy atom. The Bertz CT molecular complexity index is 1780. The molecule has 0 unspecified atom stereocenters. The van der Waals surface area contributed by atoms with Crippen molar-refractivity contribution < 1.29 is 4.79 Å². The number of hydrogen-bond acceptors (Lipinski definition) is 5. The second-order valence-electron chi connectivity index (χ2n) is 9.43. The molecule has 0 saturated heterocycles. The molecule has 6 aromatic rings. The van der Waals surface area contributed by atoms with E-state index in [1.54, 1.807) is 12.4 Å². The van der Waals surface area contributed by atoms with Gasteiger partial charge in [-0.2, -0.15) is 5.10 Å². The summed E-state index contributed by atoms with van der Waals surface area (Å²) in [6.45, 7) is 5.79. The van der Waals surface area contributed by atoms with E-state index in [9.17, 15) is 4.79 Å². The SMILES string of the molecule is Cc1cccc(-c2cccc3[nH]c(-c4n[nH]c5ccc(-c6cncc(NC(=O)C(C)C)c6)nc45)nc23)c1. The van der Waals surface area contributed by atoms with Crippen LogP contribution in [-0.4, -0.2) is 36.0 Å². The molecule has 4 heterocycles. The number of rotatable bonds is 5. The lowest BCUT2D eigenvalue weighted by molar-refractivity contribution is -0.118. The Hall–Kier alpha value is -4.85. The normalized spacial score (nSPS) is 11.5. The molecule has 2 aromatic carbocycles. The van der Waals surface area contributed by atoms with Gasteiger partial charge in [-0.15, -0.1) is 0 Å². The van der Waals surface area contributed by atoms with Crippen LogP contribution in [0.4, 0.5) is 5.69 Å². The Morgan fingerprint density at radius 3 is 2.59 bits per heavy atom. The van der Waals surface area contributed by atoms with Gasteiger partial charge in [0.2, 0.25) is 5.91 Å². The second-order valence-corrected chi connectivity index (χ2v) is 9.43. The monoisotopic (exact) mass is 487 g/mol. The number of hydrogen-bond donors (Lipinski definition) is 3. The number of H-pyrrole nitrogens is 2. The van der Waals surface area contributed by atoms with Gasteiger partial charge in [0.05, 0.1) is 34.1 Å². The van der Waals surface area contributed by atoms with Crippen molar-refractivity contribution >= 4 is 33.7 Å². The van der Waals surface area contributed by atoms with E-state index in [1.165, 1.54) is 5.56 Å². The zero-order valence-electron chi connectivity index (χ0n) is 20.7. The van der Waals surface area contributed by atoms with Crippen molar-refractivity contribution in [3.63, 3.8) is 0 Å². The van der Waals surface area contributed by atoms with Crippen LogP contribution in [0.1, 0.15) is 19.4 Å². The predicted octanol–water partition coefficient (Wildman–Crippen LogP) is 6.13. The molecule has 182 valence electrons. The minimum atomic E-state index is -0.123. The number of nitrogens with one attached hydrogen (secondary N) is 3. The third kappa shape index (κ3) is 4.23. The predicted molar refractivity (Wildman–Crippen MR) is 146 cm³/mol. The van der Waals surface area contributed by atoms with Crippen LogP contribution in [0.3, 0.4) is 0 Å². The number of aryl methyl sites for hydroxylation is 1. The Balaban J connectivity index is 1.41. The highest BCUT2D eigenvalue weighted by Crippen LogP contribution is 2.32. The molecule has 0 aliphatic heterocycles. The topological polar surface area (TPSA) is 112 Å². The number of anilines is 1. The maximum absolute atomic E-state index is 12.1. The average Bonchev–Trinajstić information content (AvgIpc) is 3.52. The summed E-state index contributed by atoms with van der Waals surface area (Å²) in [5.74, 6) is 0.457. The van der Waals surface area contributed by atoms with Crippen molar-refractivity contribution in [2.75, 3.05) is 5.32 Å². The van der Waals surface area contributed by atoms with E-state index in [0.29, 0.717) is 22.7 Å². The summed E-state index contributed by atoms with van der Waals surface area (Å²) in [6, 6.07) is 20.2. The van der Waals surface area contributed by atoms with Crippen molar-refractivity contribution in [1.29, 1.82) is 0 Å². The summed E-state index contributed by atoms with van der Waals surface area (Å²) in [7, 11) is 0. The number of carbonyl (C=O) groups is 1. The molecule has 6 rings (SSSR count).